The highest BCUT2D eigenvalue weighted by Crippen LogP contribution is 2.39. The van der Waals surface area contributed by atoms with Crippen LogP contribution in [-0.4, -0.2) is 12.0 Å². The fraction of sp³-hybridized carbons (Fsp3) is 0.500. The first-order valence-corrected chi connectivity index (χ1v) is 6.23. The Hall–Kier alpha value is -1.51. The Balaban J connectivity index is 2.03. The number of nitrogens with one attached hydrogen (secondary N) is 1. The summed E-state index contributed by atoms with van der Waals surface area (Å²) < 4.78 is 0. The lowest BCUT2D eigenvalue weighted by Gasteiger charge is -2.23. The van der Waals surface area contributed by atoms with E-state index < -0.39 is 0 Å². The molecule has 1 unspecified atom stereocenters. The van der Waals surface area contributed by atoms with E-state index in [1.54, 1.807) is 0 Å². The maximum absolute atomic E-state index is 5.95. The number of nitrogens with zero attached hydrogens (tertiary/aromatic N) is 1. The molecule has 3 heteroatoms. The predicted octanol–water partition coefficient (Wildman–Crippen LogP) is 2.99. The van der Waals surface area contributed by atoms with Gasteiger partial charge in [0.2, 0.25) is 0 Å². The Morgan fingerprint density at radius 2 is 2.06 bits per heavy atom. The molecule has 1 fully saturated rings. The topological polar surface area (TPSA) is 50.4 Å². The summed E-state index contributed by atoms with van der Waals surface area (Å²) >= 11 is 0. The molecule has 0 radical (unpaired) electrons. The lowest BCUT2D eigenvalue weighted by Crippen LogP contribution is -2.29. The summed E-state index contributed by atoms with van der Waals surface area (Å²) in [4.78, 5) is 4.61. The molecule has 1 aliphatic carbocycles. The molecule has 0 heterocycles. The van der Waals surface area contributed by atoms with Crippen molar-refractivity contribution in [3.63, 3.8) is 0 Å². The van der Waals surface area contributed by atoms with Crippen molar-refractivity contribution < 1.29 is 0 Å². The molecule has 2 rings (SSSR count). The molecule has 0 aliphatic heterocycles. The van der Waals surface area contributed by atoms with Gasteiger partial charge in [0.1, 0.15) is 0 Å². The van der Waals surface area contributed by atoms with Gasteiger partial charge in [-0.2, -0.15) is 0 Å². The van der Waals surface area contributed by atoms with Crippen molar-refractivity contribution >= 4 is 11.6 Å². The van der Waals surface area contributed by atoms with Crippen molar-refractivity contribution in [2.45, 2.75) is 39.2 Å². The van der Waals surface area contributed by atoms with Crippen molar-refractivity contribution in [2.75, 3.05) is 5.32 Å². The fourth-order valence-corrected chi connectivity index (χ4v) is 2.42. The Bertz CT molecular complexity index is 395. The summed E-state index contributed by atoms with van der Waals surface area (Å²) in [5.41, 5.74) is 7.22. The minimum Gasteiger partial charge on any atom is -0.370 e. The average molecular weight is 231 g/mol. The van der Waals surface area contributed by atoms with Gasteiger partial charge in [0.25, 0.3) is 0 Å². The average Bonchev–Trinajstić information content (AvgIpc) is 2.59. The molecule has 1 aromatic rings. The van der Waals surface area contributed by atoms with Crippen LogP contribution >= 0.6 is 0 Å². The summed E-state index contributed by atoms with van der Waals surface area (Å²) in [6, 6.07) is 10.3. The molecule has 3 nitrogen and oxygen atoms in total. The summed E-state index contributed by atoms with van der Waals surface area (Å²) in [6.07, 6.45) is 3.63. The van der Waals surface area contributed by atoms with Crippen molar-refractivity contribution in [3.05, 3.63) is 30.3 Å². The van der Waals surface area contributed by atoms with E-state index in [4.69, 9.17) is 5.73 Å². The van der Waals surface area contributed by atoms with Gasteiger partial charge in [0, 0.05) is 5.69 Å². The third-order valence-corrected chi connectivity index (χ3v) is 3.54. The zero-order valence-electron chi connectivity index (χ0n) is 10.6. The molecule has 0 spiro atoms. The maximum atomic E-state index is 5.95. The Morgan fingerprint density at radius 3 is 2.65 bits per heavy atom. The summed E-state index contributed by atoms with van der Waals surface area (Å²) in [7, 11) is 0. The number of para-hydroxylation sites is 1. The number of aliphatic imine (C=N–C) groups is 1. The summed E-state index contributed by atoms with van der Waals surface area (Å²) in [6.45, 7) is 4.54. The number of nitrogens with two attached hydrogens (primary N) is 1. The first-order valence-electron chi connectivity index (χ1n) is 6.23. The van der Waals surface area contributed by atoms with E-state index in [0.717, 1.165) is 12.1 Å². The summed E-state index contributed by atoms with van der Waals surface area (Å²) in [5, 5.41) is 3.13. The van der Waals surface area contributed by atoms with Gasteiger partial charge in [-0.25, -0.2) is 4.99 Å². The molecule has 1 saturated carbocycles. The molecule has 0 saturated heterocycles. The van der Waals surface area contributed by atoms with Crippen LogP contribution in [0.1, 0.15) is 33.1 Å². The monoisotopic (exact) mass is 231 g/mol. The van der Waals surface area contributed by atoms with Gasteiger partial charge >= 0.3 is 0 Å². The molecular formula is C14H21N3. The second kappa shape index (κ2) is 4.78. The van der Waals surface area contributed by atoms with Crippen LogP contribution in [0.3, 0.4) is 0 Å². The van der Waals surface area contributed by atoms with E-state index in [0.29, 0.717) is 12.0 Å². The van der Waals surface area contributed by atoms with E-state index in [9.17, 15) is 0 Å². The van der Waals surface area contributed by atoms with E-state index in [2.05, 4.69) is 24.2 Å². The van der Waals surface area contributed by atoms with Crippen LogP contribution in [0.4, 0.5) is 5.69 Å². The standard InChI is InChI=1S/C14H21N3/c1-14(2)10-6-9-12(14)17-13(15)16-11-7-4-3-5-8-11/h3-5,7-8,12H,6,9-10H2,1-2H3,(H3,15,16,17). The molecule has 0 amide bonds. The van der Waals surface area contributed by atoms with Gasteiger partial charge in [0.05, 0.1) is 6.04 Å². The van der Waals surface area contributed by atoms with Crippen LogP contribution in [0, 0.1) is 5.41 Å². The largest absolute Gasteiger partial charge is 0.370 e. The molecule has 17 heavy (non-hydrogen) atoms. The van der Waals surface area contributed by atoms with Gasteiger partial charge in [-0.3, -0.25) is 0 Å². The van der Waals surface area contributed by atoms with Crippen LogP contribution in [0.15, 0.2) is 35.3 Å². The SMILES string of the molecule is CC1(C)CCCC1N=C(N)Nc1ccccc1. The molecule has 1 aliphatic rings. The van der Waals surface area contributed by atoms with Gasteiger partial charge in [-0.1, -0.05) is 38.5 Å². The number of guanidine groups is 1. The van der Waals surface area contributed by atoms with Crippen molar-refractivity contribution in [1.82, 2.24) is 0 Å². The molecule has 3 N–H and O–H groups in total. The van der Waals surface area contributed by atoms with Crippen molar-refractivity contribution in [1.29, 1.82) is 0 Å². The zero-order valence-corrected chi connectivity index (χ0v) is 10.6. The van der Waals surface area contributed by atoms with Gasteiger partial charge in [-0.05, 0) is 30.4 Å². The number of hydrogen-bond acceptors (Lipinski definition) is 1. The first kappa shape index (κ1) is 12.0. The second-order valence-corrected chi connectivity index (χ2v) is 5.40. The molecular weight excluding hydrogens is 210 g/mol. The normalized spacial score (nSPS) is 23.6. The maximum Gasteiger partial charge on any atom is 0.193 e. The fourth-order valence-electron chi connectivity index (χ4n) is 2.42. The lowest BCUT2D eigenvalue weighted by molar-refractivity contribution is 0.334. The molecule has 1 aromatic carbocycles. The third kappa shape index (κ3) is 2.99. The van der Waals surface area contributed by atoms with Crippen LogP contribution in [0.5, 0.6) is 0 Å². The highest BCUT2D eigenvalue weighted by atomic mass is 15.1. The van der Waals surface area contributed by atoms with Gasteiger partial charge in [-0.15, -0.1) is 0 Å². The highest BCUT2D eigenvalue weighted by Gasteiger charge is 2.34. The second-order valence-electron chi connectivity index (χ2n) is 5.40. The van der Waals surface area contributed by atoms with E-state index in [-0.39, 0.29) is 5.41 Å². The van der Waals surface area contributed by atoms with Crippen LogP contribution in [0.2, 0.25) is 0 Å². The molecule has 0 aromatic heterocycles. The van der Waals surface area contributed by atoms with Crippen molar-refractivity contribution in [3.8, 4) is 0 Å². The highest BCUT2D eigenvalue weighted by molar-refractivity contribution is 5.92. The van der Waals surface area contributed by atoms with Crippen LogP contribution < -0.4 is 11.1 Å². The minimum atomic E-state index is 0.281. The van der Waals surface area contributed by atoms with E-state index in [1.807, 2.05) is 30.3 Å². The van der Waals surface area contributed by atoms with Crippen molar-refractivity contribution in [2.24, 2.45) is 16.1 Å². The van der Waals surface area contributed by atoms with Crippen LogP contribution in [0.25, 0.3) is 0 Å². The lowest BCUT2D eigenvalue weighted by atomic mass is 9.88. The number of benzene rings is 1. The minimum absolute atomic E-state index is 0.281. The molecule has 92 valence electrons. The predicted molar refractivity (Wildman–Crippen MR) is 73.1 cm³/mol. The van der Waals surface area contributed by atoms with E-state index in [1.165, 1.54) is 12.8 Å². The molecule has 0 bridgehead atoms. The third-order valence-electron chi connectivity index (χ3n) is 3.54. The van der Waals surface area contributed by atoms with E-state index >= 15 is 0 Å². The number of rotatable bonds is 2. The van der Waals surface area contributed by atoms with Crippen LogP contribution in [-0.2, 0) is 0 Å². The Labute approximate surface area is 103 Å². The zero-order chi connectivity index (χ0) is 12.3. The first-order chi connectivity index (χ1) is 8.08. The Kier molecular flexibility index (Phi) is 3.36. The number of hydrogen-bond donors (Lipinski definition) is 2. The number of anilines is 1. The Morgan fingerprint density at radius 1 is 1.35 bits per heavy atom. The smallest absolute Gasteiger partial charge is 0.193 e. The van der Waals surface area contributed by atoms with Gasteiger partial charge in [0.15, 0.2) is 5.96 Å². The quantitative estimate of drug-likeness (QED) is 0.607. The summed E-state index contributed by atoms with van der Waals surface area (Å²) in [5.74, 6) is 0.524. The molecule has 1 atom stereocenters. The van der Waals surface area contributed by atoms with Gasteiger partial charge < -0.3 is 11.1 Å².